The van der Waals surface area contributed by atoms with Gasteiger partial charge < -0.3 is 30.8 Å². The molecule has 14 heteroatoms. The predicted octanol–water partition coefficient (Wildman–Crippen LogP) is 0.843. The average Bonchev–Trinajstić information content (AvgIpc) is 3.46. The number of fused-ring (bicyclic) bond motifs is 2. The number of aliphatic hydroxyl groups excluding tert-OH is 1. The molecule has 5 N–H and O–H groups in total. The van der Waals surface area contributed by atoms with Gasteiger partial charge in [-0.3, -0.25) is 23.9 Å². The van der Waals surface area contributed by atoms with Crippen molar-refractivity contribution in [1.82, 2.24) is 36.0 Å². The van der Waals surface area contributed by atoms with Crippen molar-refractivity contribution in [2.45, 2.75) is 70.7 Å². The van der Waals surface area contributed by atoms with Gasteiger partial charge in [0, 0.05) is 19.8 Å². The second kappa shape index (κ2) is 12.9. The van der Waals surface area contributed by atoms with Crippen molar-refractivity contribution < 1.29 is 28.7 Å². The number of nitrogens with zero attached hydrogens (tertiary/aromatic N) is 3. The van der Waals surface area contributed by atoms with Gasteiger partial charge in [0.15, 0.2) is 11.4 Å². The number of aliphatic hydroxyl groups is 1. The zero-order valence-electron chi connectivity index (χ0n) is 21.8. The van der Waals surface area contributed by atoms with Crippen LogP contribution in [0.15, 0.2) is 16.9 Å². The van der Waals surface area contributed by atoms with E-state index in [0.717, 1.165) is 0 Å². The van der Waals surface area contributed by atoms with Crippen molar-refractivity contribution in [3.8, 4) is 0 Å². The molecule has 0 unspecified atom stereocenters. The molecule has 4 amide bonds. The molecule has 3 rings (SSSR count). The number of hydrogen-bond acceptors (Lipinski definition) is 8. The maximum Gasteiger partial charge on any atom is 0.273 e. The molecule has 0 aliphatic carbocycles. The Morgan fingerprint density at radius 1 is 1.24 bits per heavy atom. The van der Waals surface area contributed by atoms with E-state index in [9.17, 15) is 24.3 Å². The van der Waals surface area contributed by atoms with Crippen LogP contribution in [0.4, 0.5) is 0 Å². The van der Waals surface area contributed by atoms with E-state index in [0.29, 0.717) is 25.8 Å². The molecule has 1 aliphatic heterocycles. The molecule has 208 valence electrons. The first-order chi connectivity index (χ1) is 18.0. The molecule has 0 fully saturated rings. The standard InChI is InChI=1S/C24H34ClN7O6/c1-12(2)9-16-24-29-17(11-38-24)20(34)26-8-6-5-7-15(21(35)30-18(13(3)33)22(36)28-16)27-23(37)19-14(25)10-32(4)31-19/h10-13,15-16,18,33H,5-9H2,1-4H3,(H,26,34)(H,27,37)(H,28,36)(H,30,35)/t13-,15+,16+,18+/m1/s1. The third-order valence-corrected chi connectivity index (χ3v) is 6.24. The third-order valence-electron chi connectivity index (χ3n) is 5.97. The monoisotopic (exact) mass is 551 g/mol. The van der Waals surface area contributed by atoms with Crippen molar-refractivity contribution in [3.63, 3.8) is 0 Å². The topological polar surface area (TPSA) is 180 Å². The Morgan fingerprint density at radius 2 is 1.97 bits per heavy atom. The fourth-order valence-electron chi connectivity index (χ4n) is 4.04. The van der Waals surface area contributed by atoms with Gasteiger partial charge in [-0.2, -0.15) is 5.10 Å². The number of nitrogens with one attached hydrogen (secondary N) is 4. The van der Waals surface area contributed by atoms with E-state index in [1.807, 2.05) is 13.8 Å². The SMILES string of the molecule is CC(C)C[C@@H]1NC(=O)[C@H]([C@@H](C)O)NC(=O)[C@@H](NC(=O)c2nn(C)cc2Cl)CCCCNC(=O)c2coc1n2. The minimum absolute atomic E-state index is 0.0488. The van der Waals surface area contributed by atoms with Crippen molar-refractivity contribution in [3.05, 3.63) is 34.8 Å². The van der Waals surface area contributed by atoms with Gasteiger partial charge in [-0.05, 0) is 38.5 Å². The van der Waals surface area contributed by atoms with Gasteiger partial charge in [0.2, 0.25) is 17.7 Å². The van der Waals surface area contributed by atoms with Crippen LogP contribution in [0.3, 0.4) is 0 Å². The Hall–Kier alpha value is -3.45. The lowest BCUT2D eigenvalue weighted by Crippen LogP contribution is -2.57. The van der Waals surface area contributed by atoms with Gasteiger partial charge in [-0.25, -0.2) is 4.98 Å². The smallest absolute Gasteiger partial charge is 0.273 e. The lowest BCUT2D eigenvalue weighted by atomic mass is 10.0. The van der Waals surface area contributed by atoms with E-state index in [2.05, 4.69) is 31.3 Å². The van der Waals surface area contributed by atoms with Crippen LogP contribution < -0.4 is 21.3 Å². The molecule has 13 nitrogen and oxygen atoms in total. The second-order valence-corrected chi connectivity index (χ2v) is 10.2. The van der Waals surface area contributed by atoms with Crippen LogP contribution in [0, 0.1) is 5.92 Å². The molecule has 2 aromatic rings. The van der Waals surface area contributed by atoms with Crippen molar-refractivity contribution >= 4 is 35.2 Å². The van der Waals surface area contributed by atoms with Gasteiger partial charge in [0.1, 0.15) is 24.4 Å². The normalized spacial score (nSPS) is 22.4. The summed E-state index contributed by atoms with van der Waals surface area (Å²) >= 11 is 6.08. The van der Waals surface area contributed by atoms with Crippen LogP contribution in [-0.4, -0.2) is 68.2 Å². The quantitative estimate of drug-likeness (QED) is 0.362. The number of aryl methyl sites for hydroxylation is 1. The number of halogens is 1. The highest BCUT2D eigenvalue weighted by Gasteiger charge is 2.33. The number of rotatable bonds is 5. The molecule has 0 radical (unpaired) electrons. The summed E-state index contributed by atoms with van der Waals surface area (Å²) < 4.78 is 6.87. The Morgan fingerprint density at radius 3 is 2.61 bits per heavy atom. The van der Waals surface area contributed by atoms with Crippen LogP contribution in [0.2, 0.25) is 5.02 Å². The third kappa shape index (κ3) is 7.54. The first-order valence-corrected chi connectivity index (χ1v) is 12.9. The van der Waals surface area contributed by atoms with E-state index >= 15 is 0 Å². The molecule has 38 heavy (non-hydrogen) atoms. The molecule has 0 aromatic carbocycles. The maximum atomic E-state index is 13.3. The zero-order chi connectivity index (χ0) is 28.0. The van der Waals surface area contributed by atoms with Crippen molar-refractivity contribution in [2.75, 3.05) is 6.54 Å². The highest BCUT2D eigenvalue weighted by atomic mass is 35.5. The molecule has 4 atom stereocenters. The average molecular weight is 552 g/mol. The molecule has 0 saturated carbocycles. The van der Waals surface area contributed by atoms with Crippen LogP contribution in [0.25, 0.3) is 0 Å². The maximum absolute atomic E-state index is 13.3. The Kier molecular flexibility index (Phi) is 9.86. The first kappa shape index (κ1) is 29.1. The Bertz CT molecular complexity index is 1160. The van der Waals surface area contributed by atoms with Crippen LogP contribution >= 0.6 is 11.6 Å². The fourth-order valence-corrected chi connectivity index (χ4v) is 4.31. The molecule has 2 aromatic heterocycles. The van der Waals surface area contributed by atoms with Crippen LogP contribution in [0.1, 0.15) is 79.4 Å². The molecule has 3 heterocycles. The first-order valence-electron chi connectivity index (χ1n) is 12.5. The summed E-state index contributed by atoms with van der Waals surface area (Å²) in [7, 11) is 1.60. The number of oxazole rings is 1. The summed E-state index contributed by atoms with van der Waals surface area (Å²) in [6.45, 7) is 5.56. The lowest BCUT2D eigenvalue weighted by Gasteiger charge is -2.26. The minimum Gasteiger partial charge on any atom is -0.446 e. The second-order valence-electron chi connectivity index (χ2n) is 9.77. The molecular formula is C24H34ClN7O6. The zero-order valence-corrected chi connectivity index (χ0v) is 22.5. The summed E-state index contributed by atoms with van der Waals surface area (Å²) in [4.78, 5) is 56.1. The molecule has 2 bridgehead atoms. The summed E-state index contributed by atoms with van der Waals surface area (Å²) in [5, 5.41) is 25.2. The largest absolute Gasteiger partial charge is 0.446 e. The van der Waals surface area contributed by atoms with Gasteiger partial charge >= 0.3 is 0 Å². The van der Waals surface area contributed by atoms with Gasteiger partial charge in [-0.1, -0.05) is 25.4 Å². The van der Waals surface area contributed by atoms with Crippen molar-refractivity contribution in [2.24, 2.45) is 13.0 Å². The van der Waals surface area contributed by atoms with E-state index in [4.69, 9.17) is 16.0 Å². The summed E-state index contributed by atoms with van der Waals surface area (Å²) in [6, 6.07) is -3.10. The van der Waals surface area contributed by atoms with Crippen molar-refractivity contribution in [1.29, 1.82) is 0 Å². The number of carbonyl (C=O) groups is 4. The minimum atomic E-state index is -1.33. The van der Waals surface area contributed by atoms with Crippen LogP contribution in [0.5, 0.6) is 0 Å². The Labute approximate surface area is 225 Å². The van der Waals surface area contributed by atoms with Gasteiger partial charge in [0.25, 0.3) is 11.8 Å². The number of carbonyl (C=O) groups excluding carboxylic acids is 4. The number of aromatic nitrogens is 3. The van der Waals surface area contributed by atoms with Crippen LogP contribution in [-0.2, 0) is 16.6 Å². The fraction of sp³-hybridized carbons (Fsp3) is 0.583. The molecule has 1 aliphatic rings. The van der Waals surface area contributed by atoms with Gasteiger partial charge in [-0.15, -0.1) is 0 Å². The predicted molar refractivity (Wildman–Crippen MR) is 136 cm³/mol. The number of amides is 4. The van der Waals surface area contributed by atoms with Gasteiger partial charge in [0.05, 0.1) is 11.1 Å². The molecule has 0 saturated heterocycles. The highest BCUT2D eigenvalue weighted by Crippen LogP contribution is 2.22. The summed E-state index contributed by atoms with van der Waals surface area (Å²) in [6.07, 6.45) is 2.98. The lowest BCUT2D eigenvalue weighted by molar-refractivity contribution is -0.133. The van der Waals surface area contributed by atoms with E-state index in [1.165, 1.54) is 24.1 Å². The summed E-state index contributed by atoms with van der Waals surface area (Å²) in [5.41, 5.74) is 0.0279. The Balaban J connectivity index is 1.87. The molecular weight excluding hydrogens is 518 g/mol. The van der Waals surface area contributed by atoms with E-state index < -0.39 is 47.9 Å². The number of hydrogen-bond donors (Lipinski definition) is 5. The van der Waals surface area contributed by atoms with E-state index in [-0.39, 0.29) is 34.6 Å². The summed E-state index contributed by atoms with van der Waals surface area (Å²) in [5.74, 6) is -2.18. The van der Waals surface area contributed by atoms with E-state index in [1.54, 1.807) is 7.05 Å². The molecule has 0 spiro atoms. The highest BCUT2D eigenvalue weighted by molar-refractivity contribution is 6.33.